The number of piperazine rings is 1. The summed E-state index contributed by atoms with van der Waals surface area (Å²) in [4.78, 5) is 34.1. The average molecular weight is 334 g/mol. The minimum absolute atomic E-state index is 0.0326. The van der Waals surface area contributed by atoms with E-state index in [4.69, 9.17) is 4.74 Å². The second kappa shape index (κ2) is 7.07. The van der Waals surface area contributed by atoms with Gasteiger partial charge < -0.3 is 19.4 Å². The van der Waals surface area contributed by atoms with Gasteiger partial charge in [-0.2, -0.15) is 0 Å². The predicted octanol–water partition coefficient (Wildman–Crippen LogP) is 1.45. The van der Waals surface area contributed by atoms with Crippen molar-refractivity contribution in [2.75, 3.05) is 33.7 Å². The van der Waals surface area contributed by atoms with Gasteiger partial charge >= 0.3 is 6.03 Å². The van der Waals surface area contributed by atoms with E-state index in [1.54, 1.807) is 60.2 Å². The number of pyridine rings is 1. The first-order chi connectivity index (χ1) is 11.2. The summed E-state index contributed by atoms with van der Waals surface area (Å²) in [7, 11) is 3.47. The molecule has 7 nitrogen and oxygen atoms in total. The lowest BCUT2D eigenvalue weighted by Gasteiger charge is -2.48. The molecule has 3 amide bonds. The molecule has 24 heavy (non-hydrogen) atoms. The summed E-state index contributed by atoms with van der Waals surface area (Å²) in [6.07, 6.45) is 2.64. The zero-order valence-corrected chi connectivity index (χ0v) is 15.0. The highest BCUT2D eigenvalue weighted by Crippen LogP contribution is 2.23. The van der Waals surface area contributed by atoms with Crippen molar-refractivity contribution in [2.24, 2.45) is 0 Å². The number of aromatic nitrogens is 1. The lowest BCUT2D eigenvalue weighted by atomic mass is 9.98. The van der Waals surface area contributed by atoms with E-state index in [1.165, 1.54) is 0 Å². The zero-order chi connectivity index (χ0) is 17.9. The third-order valence-corrected chi connectivity index (χ3v) is 4.12. The molecule has 1 aliphatic rings. The number of amides is 3. The van der Waals surface area contributed by atoms with Crippen LogP contribution in [0.4, 0.5) is 4.79 Å². The summed E-state index contributed by atoms with van der Waals surface area (Å²) in [6.45, 7) is 7.18. The Bertz CT molecular complexity index is 589. The van der Waals surface area contributed by atoms with Gasteiger partial charge in [0.25, 0.3) is 5.91 Å². The van der Waals surface area contributed by atoms with E-state index in [9.17, 15) is 9.59 Å². The Balaban J connectivity index is 2.03. The number of hydrogen-bond donors (Lipinski definition) is 0. The van der Waals surface area contributed by atoms with Crippen LogP contribution in [-0.2, 0) is 4.79 Å². The van der Waals surface area contributed by atoms with Crippen LogP contribution < -0.4 is 4.74 Å². The Morgan fingerprint density at radius 3 is 2.58 bits per heavy atom. The molecule has 1 saturated heterocycles. The standard InChI is InChI=1S/C17H26N4O3/c1-13(24-14-7-6-8-18-11-14)15(22)21-10-9-20(12-17(21,2)3)16(23)19(4)5/h6-8,11,13H,9-10,12H2,1-5H3. The van der Waals surface area contributed by atoms with Gasteiger partial charge in [0.1, 0.15) is 5.75 Å². The number of rotatable bonds is 3. The minimum Gasteiger partial charge on any atom is -0.479 e. The largest absolute Gasteiger partial charge is 0.479 e. The Morgan fingerprint density at radius 1 is 1.33 bits per heavy atom. The van der Waals surface area contributed by atoms with Gasteiger partial charge in [0.2, 0.25) is 0 Å². The monoisotopic (exact) mass is 334 g/mol. The summed E-state index contributed by atoms with van der Waals surface area (Å²) >= 11 is 0. The predicted molar refractivity (Wildman–Crippen MR) is 90.8 cm³/mol. The number of carbonyl (C=O) groups is 2. The highest BCUT2D eigenvalue weighted by Gasteiger charge is 2.40. The molecule has 0 bridgehead atoms. The van der Waals surface area contributed by atoms with Gasteiger partial charge in [0.05, 0.1) is 11.7 Å². The summed E-state index contributed by atoms with van der Waals surface area (Å²) in [6, 6.07) is 3.51. The number of nitrogens with zero attached hydrogens (tertiary/aromatic N) is 4. The molecule has 1 aliphatic heterocycles. The van der Waals surface area contributed by atoms with Crippen LogP contribution in [0.3, 0.4) is 0 Å². The number of ether oxygens (including phenoxy) is 1. The number of carbonyl (C=O) groups excluding carboxylic acids is 2. The molecule has 0 spiro atoms. The molecule has 2 heterocycles. The summed E-state index contributed by atoms with van der Waals surface area (Å²) in [5.41, 5.74) is -0.451. The van der Waals surface area contributed by atoms with Gasteiger partial charge in [-0.1, -0.05) is 0 Å². The summed E-state index contributed by atoms with van der Waals surface area (Å²) < 4.78 is 5.69. The average Bonchev–Trinajstić information content (AvgIpc) is 2.53. The van der Waals surface area contributed by atoms with Gasteiger partial charge in [-0.25, -0.2) is 4.79 Å². The third kappa shape index (κ3) is 3.96. The first-order valence-corrected chi connectivity index (χ1v) is 8.07. The van der Waals surface area contributed by atoms with E-state index in [2.05, 4.69) is 4.98 Å². The lowest BCUT2D eigenvalue weighted by Crippen LogP contribution is -2.64. The maximum absolute atomic E-state index is 12.8. The fourth-order valence-corrected chi connectivity index (χ4v) is 2.90. The Kier molecular flexibility index (Phi) is 5.31. The minimum atomic E-state index is -0.607. The van der Waals surface area contributed by atoms with Crippen molar-refractivity contribution in [2.45, 2.75) is 32.4 Å². The molecule has 0 N–H and O–H groups in total. The molecule has 0 aromatic carbocycles. The van der Waals surface area contributed by atoms with E-state index in [1.807, 2.05) is 13.8 Å². The van der Waals surface area contributed by atoms with Crippen LogP contribution in [0.15, 0.2) is 24.5 Å². The van der Waals surface area contributed by atoms with Crippen LogP contribution in [0.2, 0.25) is 0 Å². The third-order valence-electron chi connectivity index (χ3n) is 4.12. The van der Waals surface area contributed by atoms with Crippen molar-refractivity contribution in [3.8, 4) is 5.75 Å². The van der Waals surface area contributed by atoms with Crippen molar-refractivity contribution in [1.82, 2.24) is 19.7 Å². The van der Waals surface area contributed by atoms with Crippen LogP contribution in [0.1, 0.15) is 20.8 Å². The molecule has 0 radical (unpaired) electrons. The summed E-state index contributed by atoms with van der Waals surface area (Å²) in [5.74, 6) is 0.485. The lowest BCUT2D eigenvalue weighted by molar-refractivity contribution is -0.146. The normalized spacial score (nSPS) is 18.0. The van der Waals surface area contributed by atoms with Crippen LogP contribution in [0.5, 0.6) is 5.75 Å². The van der Waals surface area contributed by atoms with Gasteiger partial charge in [-0.05, 0) is 32.9 Å². The molecular formula is C17H26N4O3. The van der Waals surface area contributed by atoms with Crippen LogP contribution >= 0.6 is 0 Å². The van der Waals surface area contributed by atoms with Gasteiger partial charge in [-0.3, -0.25) is 9.78 Å². The van der Waals surface area contributed by atoms with Crippen molar-refractivity contribution in [1.29, 1.82) is 0 Å². The van der Waals surface area contributed by atoms with E-state index in [0.717, 1.165) is 0 Å². The maximum Gasteiger partial charge on any atom is 0.319 e. The highest BCUT2D eigenvalue weighted by atomic mass is 16.5. The molecule has 1 aromatic rings. The molecule has 1 aromatic heterocycles. The summed E-state index contributed by atoms with van der Waals surface area (Å²) in [5, 5.41) is 0. The SMILES string of the molecule is CC(Oc1cccnc1)C(=O)N1CCN(C(=O)N(C)C)CC1(C)C. The van der Waals surface area contributed by atoms with Crippen LogP contribution in [0, 0.1) is 0 Å². The fraction of sp³-hybridized carbons (Fsp3) is 0.588. The number of urea groups is 1. The molecule has 0 saturated carbocycles. The number of hydrogen-bond acceptors (Lipinski definition) is 4. The first kappa shape index (κ1) is 18.0. The van der Waals surface area contributed by atoms with E-state index in [-0.39, 0.29) is 11.9 Å². The van der Waals surface area contributed by atoms with Gasteiger partial charge in [-0.15, -0.1) is 0 Å². The van der Waals surface area contributed by atoms with Gasteiger partial charge in [0, 0.05) is 39.9 Å². The fourth-order valence-electron chi connectivity index (χ4n) is 2.90. The zero-order valence-electron chi connectivity index (χ0n) is 15.0. The quantitative estimate of drug-likeness (QED) is 0.839. The molecule has 132 valence electrons. The second-order valence-corrected chi connectivity index (χ2v) is 6.85. The van der Waals surface area contributed by atoms with Crippen molar-refractivity contribution in [3.05, 3.63) is 24.5 Å². The Labute approximate surface area is 143 Å². The topological polar surface area (TPSA) is 66.0 Å². The first-order valence-electron chi connectivity index (χ1n) is 8.07. The van der Waals surface area contributed by atoms with E-state index in [0.29, 0.717) is 25.4 Å². The molecule has 0 aliphatic carbocycles. The second-order valence-electron chi connectivity index (χ2n) is 6.85. The highest BCUT2D eigenvalue weighted by molar-refractivity contribution is 5.82. The Hall–Kier alpha value is -2.31. The van der Waals surface area contributed by atoms with Crippen LogP contribution in [-0.4, -0.2) is 77.0 Å². The van der Waals surface area contributed by atoms with E-state index < -0.39 is 11.6 Å². The van der Waals surface area contributed by atoms with Crippen molar-refractivity contribution < 1.29 is 14.3 Å². The van der Waals surface area contributed by atoms with Gasteiger partial charge in [0.15, 0.2) is 6.10 Å². The molecule has 1 atom stereocenters. The molecule has 2 rings (SSSR count). The van der Waals surface area contributed by atoms with Crippen molar-refractivity contribution in [3.63, 3.8) is 0 Å². The molecule has 7 heteroatoms. The van der Waals surface area contributed by atoms with Crippen LogP contribution in [0.25, 0.3) is 0 Å². The van der Waals surface area contributed by atoms with Crippen molar-refractivity contribution >= 4 is 11.9 Å². The Morgan fingerprint density at radius 2 is 2.04 bits per heavy atom. The maximum atomic E-state index is 12.8. The molecule has 1 fully saturated rings. The smallest absolute Gasteiger partial charge is 0.319 e. The molecular weight excluding hydrogens is 308 g/mol. The van der Waals surface area contributed by atoms with E-state index >= 15 is 0 Å². The molecule has 1 unspecified atom stereocenters.